The molecule has 0 saturated carbocycles. The highest BCUT2D eigenvalue weighted by Crippen LogP contribution is 2.22. The van der Waals surface area contributed by atoms with Gasteiger partial charge in [-0.2, -0.15) is 0 Å². The quantitative estimate of drug-likeness (QED) is 0.725. The first-order chi connectivity index (χ1) is 6.97. The number of hydrogen-bond donors (Lipinski definition) is 0. The standard InChI is InChI=1S/C10H18BrNO2S/c1-10(2)4-6-12(7-8-15(10)14)9(13)3-5-11/h3-8H2,1-2H3. The minimum atomic E-state index is -0.815. The topological polar surface area (TPSA) is 37.4 Å². The second-order valence-corrected chi connectivity index (χ2v) is 7.38. The summed E-state index contributed by atoms with van der Waals surface area (Å²) in [4.78, 5) is 13.5. The van der Waals surface area contributed by atoms with Gasteiger partial charge < -0.3 is 4.90 Å². The Balaban J connectivity index is 2.60. The summed E-state index contributed by atoms with van der Waals surface area (Å²) >= 11 is 3.26. The van der Waals surface area contributed by atoms with Crippen LogP contribution in [-0.2, 0) is 15.6 Å². The lowest BCUT2D eigenvalue weighted by Crippen LogP contribution is -2.33. The summed E-state index contributed by atoms with van der Waals surface area (Å²) in [7, 11) is -0.815. The molecule has 1 rings (SSSR count). The third-order valence-corrected chi connectivity index (χ3v) is 5.19. The molecule has 3 nitrogen and oxygen atoms in total. The van der Waals surface area contributed by atoms with Crippen LogP contribution >= 0.6 is 15.9 Å². The van der Waals surface area contributed by atoms with Crippen molar-refractivity contribution < 1.29 is 9.00 Å². The van der Waals surface area contributed by atoms with Gasteiger partial charge in [0.05, 0.1) is 0 Å². The van der Waals surface area contributed by atoms with Crippen molar-refractivity contribution >= 4 is 32.6 Å². The molecule has 0 spiro atoms. The molecule has 0 aromatic rings. The van der Waals surface area contributed by atoms with E-state index in [0.717, 1.165) is 13.0 Å². The van der Waals surface area contributed by atoms with Crippen molar-refractivity contribution in [3.05, 3.63) is 0 Å². The minimum Gasteiger partial charge on any atom is -0.342 e. The average Bonchev–Trinajstić information content (AvgIpc) is 2.28. The molecule has 0 aromatic heterocycles. The number of carbonyl (C=O) groups excluding carboxylic acids is 1. The van der Waals surface area contributed by atoms with Crippen molar-refractivity contribution in [1.82, 2.24) is 4.90 Å². The number of amides is 1. The molecule has 1 amide bonds. The molecule has 1 saturated heterocycles. The molecule has 1 fully saturated rings. The van der Waals surface area contributed by atoms with E-state index in [1.807, 2.05) is 18.7 Å². The zero-order chi connectivity index (χ0) is 11.5. The van der Waals surface area contributed by atoms with Gasteiger partial charge in [-0.3, -0.25) is 9.00 Å². The van der Waals surface area contributed by atoms with E-state index in [0.29, 0.717) is 24.0 Å². The molecule has 1 aliphatic heterocycles. The number of rotatable bonds is 2. The van der Waals surface area contributed by atoms with Gasteiger partial charge in [0.15, 0.2) is 0 Å². The zero-order valence-electron chi connectivity index (χ0n) is 9.29. The maximum atomic E-state index is 11.8. The number of alkyl halides is 1. The number of carbonyl (C=O) groups is 1. The van der Waals surface area contributed by atoms with E-state index < -0.39 is 10.8 Å². The van der Waals surface area contributed by atoms with Crippen molar-refractivity contribution in [3.8, 4) is 0 Å². The maximum Gasteiger partial charge on any atom is 0.223 e. The van der Waals surface area contributed by atoms with Gasteiger partial charge in [-0.25, -0.2) is 0 Å². The van der Waals surface area contributed by atoms with E-state index in [4.69, 9.17) is 0 Å². The highest BCUT2D eigenvalue weighted by molar-refractivity contribution is 9.09. The Morgan fingerprint density at radius 1 is 1.47 bits per heavy atom. The van der Waals surface area contributed by atoms with E-state index in [2.05, 4.69) is 15.9 Å². The fourth-order valence-electron chi connectivity index (χ4n) is 1.59. The lowest BCUT2D eigenvalue weighted by molar-refractivity contribution is -0.130. The van der Waals surface area contributed by atoms with Crippen LogP contribution in [0.3, 0.4) is 0 Å². The SMILES string of the molecule is CC1(C)CCN(C(=O)CCBr)CCS1=O. The second-order valence-electron chi connectivity index (χ2n) is 4.38. The van der Waals surface area contributed by atoms with Crippen LogP contribution in [0, 0.1) is 0 Å². The minimum absolute atomic E-state index is 0.149. The van der Waals surface area contributed by atoms with Gasteiger partial charge in [0, 0.05) is 46.1 Å². The summed E-state index contributed by atoms with van der Waals surface area (Å²) in [6.07, 6.45) is 1.36. The van der Waals surface area contributed by atoms with Gasteiger partial charge in [-0.15, -0.1) is 0 Å². The zero-order valence-corrected chi connectivity index (χ0v) is 11.7. The molecule has 5 heteroatoms. The molecule has 0 aromatic carbocycles. The fraction of sp³-hybridized carbons (Fsp3) is 0.900. The Labute approximate surface area is 102 Å². The first kappa shape index (κ1) is 13.2. The molecule has 0 aliphatic carbocycles. The van der Waals surface area contributed by atoms with Gasteiger partial charge in [0.25, 0.3) is 0 Å². The summed E-state index contributed by atoms with van der Waals surface area (Å²) in [5, 5.41) is 0.703. The molecule has 0 N–H and O–H groups in total. The predicted octanol–water partition coefficient (Wildman–Crippen LogP) is 1.53. The highest BCUT2D eigenvalue weighted by atomic mass is 79.9. The summed E-state index contributed by atoms with van der Waals surface area (Å²) in [6.45, 7) is 5.41. The third kappa shape index (κ3) is 3.55. The van der Waals surface area contributed by atoms with Gasteiger partial charge in [-0.1, -0.05) is 15.9 Å². The van der Waals surface area contributed by atoms with Crippen LogP contribution < -0.4 is 0 Å². The first-order valence-corrected chi connectivity index (χ1v) is 7.63. The predicted molar refractivity (Wildman–Crippen MR) is 66.7 cm³/mol. The van der Waals surface area contributed by atoms with E-state index in [1.165, 1.54) is 0 Å². The summed E-state index contributed by atoms with van der Waals surface area (Å²) in [5.74, 6) is 0.780. The molecule has 1 heterocycles. The van der Waals surface area contributed by atoms with E-state index in [1.54, 1.807) is 0 Å². The van der Waals surface area contributed by atoms with Crippen LogP contribution in [0.4, 0.5) is 0 Å². The monoisotopic (exact) mass is 295 g/mol. The molecule has 1 unspecified atom stereocenters. The molecule has 1 aliphatic rings. The van der Waals surface area contributed by atoms with Crippen LogP contribution in [0.1, 0.15) is 26.7 Å². The van der Waals surface area contributed by atoms with Crippen LogP contribution in [0.15, 0.2) is 0 Å². The number of halogens is 1. The van der Waals surface area contributed by atoms with Crippen molar-refractivity contribution in [2.75, 3.05) is 24.2 Å². The molecule has 1 atom stereocenters. The van der Waals surface area contributed by atoms with Gasteiger partial charge in [0.1, 0.15) is 0 Å². The summed E-state index contributed by atoms with van der Waals surface area (Å²) in [6, 6.07) is 0. The van der Waals surface area contributed by atoms with Gasteiger partial charge in [-0.05, 0) is 20.3 Å². The average molecular weight is 296 g/mol. The van der Waals surface area contributed by atoms with E-state index >= 15 is 0 Å². The maximum absolute atomic E-state index is 11.8. The van der Waals surface area contributed by atoms with Crippen LogP contribution in [-0.4, -0.2) is 43.9 Å². The van der Waals surface area contributed by atoms with Gasteiger partial charge >= 0.3 is 0 Å². The van der Waals surface area contributed by atoms with Crippen LogP contribution in [0.2, 0.25) is 0 Å². The molecular formula is C10H18BrNO2S. The Bertz CT molecular complexity index is 268. The largest absolute Gasteiger partial charge is 0.342 e. The number of nitrogens with zero attached hydrogens (tertiary/aromatic N) is 1. The summed E-state index contributed by atoms with van der Waals surface area (Å²) < 4.78 is 11.7. The molecule has 0 bridgehead atoms. The second kappa shape index (κ2) is 5.43. The first-order valence-electron chi connectivity index (χ1n) is 5.19. The highest BCUT2D eigenvalue weighted by Gasteiger charge is 2.30. The summed E-state index contributed by atoms with van der Waals surface area (Å²) in [5.41, 5.74) is 0. The van der Waals surface area contributed by atoms with E-state index in [-0.39, 0.29) is 10.7 Å². The fourth-order valence-corrected chi connectivity index (χ4v) is 3.18. The smallest absolute Gasteiger partial charge is 0.223 e. The molecular weight excluding hydrogens is 278 g/mol. The Hall–Kier alpha value is 0.1000. The van der Waals surface area contributed by atoms with Crippen molar-refractivity contribution in [2.45, 2.75) is 31.4 Å². The van der Waals surface area contributed by atoms with Crippen molar-refractivity contribution in [3.63, 3.8) is 0 Å². The van der Waals surface area contributed by atoms with Crippen molar-refractivity contribution in [2.24, 2.45) is 0 Å². The normalized spacial score (nSPS) is 26.1. The lowest BCUT2D eigenvalue weighted by atomic mass is 10.1. The molecule has 0 radical (unpaired) electrons. The third-order valence-electron chi connectivity index (χ3n) is 2.81. The van der Waals surface area contributed by atoms with Crippen LogP contribution in [0.25, 0.3) is 0 Å². The van der Waals surface area contributed by atoms with Crippen molar-refractivity contribution in [1.29, 1.82) is 0 Å². The number of hydrogen-bond acceptors (Lipinski definition) is 2. The molecule has 15 heavy (non-hydrogen) atoms. The Morgan fingerprint density at radius 2 is 2.13 bits per heavy atom. The van der Waals surface area contributed by atoms with Gasteiger partial charge in [0.2, 0.25) is 5.91 Å². The van der Waals surface area contributed by atoms with Crippen LogP contribution in [0.5, 0.6) is 0 Å². The Kier molecular flexibility index (Phi) is 4.77. The Morgan fingerprint density at radius 3 is 2.73 bits per heavy atom. The van der Waals surface area contributed by atoms with E-state index in [9.17, 15) is 9.00 Å². The molecule has 88 valence electrons. The lowest BCUT2D eigenvalue weighted by Gasteiger charge is -2.22.